The Balaban J connectivity index is 1.60. The minimum Gasteiger partial charge on any atom is -0.490 e. The van der Waals surface area contributed by atoms with Gasteiger partial charge in [-0.3, -0.25) is 10.1 Å². The second kappa shape index (κ2) is 7.78. The van der Waals surface area contributed by atoms with E-state index in [0.717, 1.165) is 30.4 Å². The van der Waals surface area contributed by atoms with E-state index >= 15 is 0 Å². The normalized spacial score (nSPS) is 14.9. The van der Waals surface area contributed by atoms with Crippen molar-refractivity contribution in [2.45, 2.75) is 44.8 Å². The predicted molar refractivity (Wildman–Crippen MR) is 94.4 cm³/mol. The van der Waals surface area contributed by atoms with E-state index in [1.54, 1.807) is 0 Å². The van der Waals surface area contributed by atoms with Crippen molar-refractivity contribution in [3.05, 3.63) is 46.1 Å². The number of hydrogen-bond donors (Lipinski definition) is 2. The van der Waals surface area contributed by atoms with Gasteiger partial charge in [-0.15, -0.1) is 0 Å². The molecule has 1 saturated carbocycles. The molecule has 8 nitrogen and oxygen atoms in total. The second-order valence-corrected chi connectivity index (χ2v) is 6.10. The molecule has 0 atom stereocenters. The van der Waals surface area contributed by atoms with E-state index in [1.165, 1.54) is 19.3 Å². The van der Waals surface area contributed by atoms with Crippen molar-refractivity contribution in [3.8, 4) is 5.75 Å². The lowest BCUT2D eigenvalue weighted by Gasteiger charge is -2.23. The van der Waals surface area contributed by atoms with E-state index in [2.05, 4.69) is 15.3 Å². The summed E-state index contributed by atoms with van der Waals surface area (Å²) >= 11 is 0. The Hall–Kier alpha value is -2.90. The first-order chi connectivity index (χ1) is 12.1. The third kappa shape index (κ3) is 4.56. The van der Waals surface area contributed by atoms with E-state index in [-0.39, 0.29) is 17.5 Å². The van der Waals surface area contributed by atoms with Crippen LogP contribution in [0, 0.1) is 10.1 Å². The fourth-order valence-electron chi connectivity index (χ4n) is 2.90. The van der Waals surface area contributed by atoms with Gasteiger partial charge in [0.1, 0.15) is 11.9 Å². The van der Waals surface area contributed by atoms with Gasteiger partial charge in [0.15, 0.2) is 0 Å². The van der Waals surface area contributed by atoms with E-state index < -0.39 is 4.92 Å². The van der Waals surface area contributed by atoms with E-state index in [1.807, 2.05) is 24.3 Å². The number of anilines is 2. The van der Waals surface area contributed by atoms with Gasteiger partial charge in [0.2, 0.25) is 11.8 Å². The molecular weight excluding hydrogens is 322 g/mol. The van der Waals surface area contributed by atoms with Gasteiger partial charge in [-0.05, 0) is 43.4 Å². The lowest BCUT2D eigenvalue weighted by atomic mass is 9.98. The van der Waals surface area contributed by atoms with Gasteiger partial charge >= 0.3 is 5.69 Å². The minimum absolute atomic E-state index is 0.156. The summed E-state index contributed by atoms with van der Waals surface area (Å²) in [5, 5.41) is 13.7. The van der Waals surface area contributed by atoms with Gasteiger partial charge < -0.3 is 15.8 Å². The second-order valence-electron chi connectivity index (χ2n) is 6.10. The molecule has 0 unspecified atom stereocenters. The fourth-order valence-corrected chi connectivity index (χ4v) is 2.90. The lowest BCUT2D eigenvalue weighted by molar-refractivity contribution is -0.384. The van der Waals surface area contributed by atoms with Gasteiger partial charge in [-0.2, -0.15) is 4.98 Å². The quantitative estimate of drug-likeness (QED) is 0.610. The summed E-state index contributed by atoms with van der Waals surface area (Å²) in [6.45, 7) is 0.471. The minimum atomic E-state index is -0.606. The molecule has 1 aromatic heterocycles. The molecule has 0 spiro atoms. The monoisotopic (exact) mass is 343 g/mol. The maximum Gasteiger partial charge on any atom is 0.329 e. The van der Waals surface area contributed by atoms with Crippen LogP contribution in [-0.4, -0.2) is 21.0 Å². The summed E-state index contributed by atoms with van der Waals surface area (Å²) in [6, 6.07) is 7.85. The van der Waals surface area contributed by atoms with Crippen LogP contribution in [0.4, 0.5) is 17.5 Å². The molecule has 0 amide bonds. The Morgan fingerprint density at radius 2 is 2.12 bits per heavy atom. The highest BCUT2D eigenvalue weighted by atomic mass is 16.6. The van der Waals surface area contributed by atoms with E-state index in [4.69, 9.17) is 10.5 Å². The zero-order chi connectivity index (χ0) is 17.6. The van der Waals surface area contributed by atoms with Crippen molar-refractivity contribution in [2.75, 3.05) is 11.1 Å². The fraction of sp³-hybridized carbons (Fsp3) is 0.412. The Morgan fingerprint density at radius 1 is 1.32 bits per heavy atom. The Morgan fingerprint density at radius 3 is 2.84 bits per heavy atom. The topological polar surface area (TPSA) is 116 Å². The number of ether oxygens (including phenoxy) is 1. The molecule has 0 aliphatic heterocycles. The number of nitrogens with two attached hydrogens (primary N) is 1. The molecule has 132 valence electrons. The van der Waals surface area contributed by atoms with Crippen LogP contribution >= 0.6 is 0 Å². The number of benzene rings is 1. The molecule has 1 fully saturated rings. The van der Waals surface area contributed by atoms with Gasteiger partial charge in [0, 0.05) is 6.54 Å². The van der Waals surface area contributed by atoms with E-state index in [9.17, 15) is 10.1 Å². The Kier molecular flexibility index (Phi) is 5.27. The molecule has 25 heavy (non-hydrogen) atoms. The van der Waals surface area contributed by atoms with Crippen LogP contribution in [0.15, 0.2) is 30.5 Å². The Bertz CT molecular complexity index is 747. The van der Waals surface area contributed by atoms with Crippen LogP contribution in [0.3, 0.4) is 0 Å². The lowest BCUT2D eigenvalue weighted by Crippen LogP contribution is -2.19. The average molecular weight is 343 g/mol. The number of nitrogen functional groups attached to an aromatic ring is 1. The molecule has 0 radical (unpaired) electrons. The van der Waals surface area contributed by atoms with Gasteiger partial charge in [0.05, 0.1) is 11.0 Å². The van der Waals surface area contributed by atoms with Gasteiger partial charge in [0.25, 0.3) is 0 Å². The smallest absolute Gasteiger partial charge is 0.329 e. The van der Waals surface area contributed by atoms with Crippen molar-refractivity contribution < 1.29 is 9.66 Å². The average Bonchev–Trinajstić information content (AvgIpc) is 2.61. The summed E-state index contributed by atoms with van der Waals surface area (Å²) < 4.78 is 6.06. The third-order valence-electron chi connectivity index (χ3n) is 4.20. The summed E-state index contributed by atoms with van der Waals surface area (Å²) in [5.74, 6) is 0.953. The standard InChI is InChI=1S/C17H21N5O3/c18-16-15(22(23)24)11-20-17(21-16)19-10-12-5-4-8-14(9-12)25-13-6-2-1-3-7-13/h4-5,8-9,11,13H,1-3,6-7,10H2,(H3,18,19,20,21). The van der Waals surface area contributed by atoms with Gasteiger partial charge in [-0.1, -0.05) is 18.6 Å². The number of aromatic nitrogens is 2. The van der Waals surface area contributed by atoms with Crippen LogP contribution < -0.4 is 15.8 Å². The van der Waals surface area contributed by atoms with Crippen molar-refractivity contribution in [1.29, 1.82) is 0 Å². The molecule has 0 saturated heterocycles. The molecule has 3 N–H and O–H groups in total. The summed E-state index contributed by atoms with van der Waals surface area (Å²) in [5.41, 5.74) is 6.28. The highest BCUT2D eigenvalue weighted by Gasteiger charge is 2.15. The molecule has 8 heteroatoms. The number of rotatable bonds is 6. The van der Waals surface area contributed by atoms with E-state index in [0.29, 0.717) is 12.6 Å². The molecular formula is C17H21N5O3. The first-order valence-corrected chi connectivity index (χ1v) is 8.38. The highest BCUT2D eigenvalue weighted by Crippen LogP contribution is 2.24. The molecule has 2 aromatic rings. The molecule has 1 heterocycles. The summed E-state index contributed by atoms with van der Waals surface area (Å²) in [4.78, 5) is 17.9. The van der Waals surface area contributed by atoms with Crippen LogP contribution in [0.5, 0.6) is 5.75 Å². The van der Waals surface area contributed by atoms with Gasteiger partial charge in [-0.25, -0.2) is 4.98 Å². The van der Waals surface area contributed by atoms with Crippen LogP contribution in [0.2, 0.25) is 0 Å². The molecule has 1 aliphatic carbocycles. The predicted octanol–water partition coefficient (Wildman–Crippen LogP) is 3.29. The zero-order valence-electron chi connectivity index (χ0n) is 13.9. The van der Waals surface area contributed by atoms with Crippen LogP contribution in [0.1, 0.15) is 37.7 Å². The molecule has 1 aliphatic rings. The van der Waals surface area contributed by atoms with Crippen molar-refractivity contribution in [2.24, 2.45) is 0 Å². The van der Waals surface area contributed by atoms with Crippen molar-refractivity contribution in [3.63, 3.8) is 0 Å². The summed E-state index contributed by atoms with van der Waals surface area (Å²) in [7, 11) is 0. The van der Waals surface area contributed by atoms with Crippen molar-refractivity contribution in [1.82, 2.24) is 9.97 Å². The molecule has 1 aromatic carbocycles. The molecule has 0 bridgehead atoms. The summed E-state index contributed by atoms with van der Waals surface area (Å²) in [6.07, 6.45) is 7.37. The maximum absolute atomic E-state index is 10.7. The number of nitrogens with zero attached hydrogens (tertiary/aromatic N) is 3. The molecule has 3 rings (SSSR count). The Labute approximate surface area is 145 Å². The number of nitrogens with one attached hydrogen (secondary N) is 1. The van der Waals surface area contributed by atoms with Crippen molar-refractivity contribution >= 4 is 17.5 Å². The maximum atomic E-state index is 10.7. The zero-order valence-corrected chi connectivity index (χ0v) is 13.9. The number of hydrogen-bond acceptors (Lipinski definition) is 7. The first kappa shape index (κ1) is 16.9. The van der Waals surface area contributed by atoms with Crippen LogP contribution in [0.25, 0.3) is 0 Å². The largest absolute Gasteiger partial charge is 0.490 e. The third-order valence-corrected chi connectivity index (χ3v) is 4.20. The van der Waals surface area contributed by atoms with Crippen LogP contribution in [-0.2, 0) is 6.54 Å². The first-order valence-electron chi connectivity index (χ1n) is 8.38. The number of nitro groups is 1. The highest BCUT2D eigenvalue weighted by molar-refractivity contribution is 5.53. The SMILES string of the molecule is Nc1nc(NCc2cccc(OC3CCCCC3)c2)ncc1[N+](=O)[O-].